The molecule has 1 N–H and O–H groups in total. The molecule has 8 nitrogen and oxygen atoms in total. The smallest absolute Gasteiger partial charge is 0.232 e. The molecule has 2 aromatic rings. The van der Waals surface area contributed by atoms with E-state index in [0.29, 0.717) is 37.9 Å². The van der Waals surface area contributed by atoms with Gasteiger partial charge in [0.05, 0.1) is 43.9 Å². The Balaban J connectivity index is 1.70. The van der Waals surface area contributed by atoms with Crippen LogP contribution in [0.3, 0.4) is 0 Å². The zero-order valence-corrected chi connectivity index (χ0v) is 17.5. The Morgan fingerprint density at radius 1 is 1.17 bits per heavy atom. The Kier molecular flexibility index (Phi) is 5.71. The first-order valence-corrected chi connectivity index (χ1v) is 11.5. The summed E-state index contributed by atoms with van der Waals surface area (Å²) in [6.07, 6.45) is 0.755. The molecule has 2 aliphatic rings. The molecule has 0 amide bonds. The highest BCUT2D eigenvalue weighted by Crippen LogP contribution is 2.31. The maximum absolute atomic E-state index is 11.8. The maximum atomic E-state index is 11.8. The van der Waals surface area contributed by atoms with Gasteiger partial charge in [0.15, 0.2) is 5.82 Å². The van der Waals surface area contributed by atoms with E-state index in [2.05, 4.69) is 16.5 Å². The van der Waals surface area contributed by atoms with Crippen molar-refractivity contribution in [2.45, 2.75) is 32.9 Å². The van der Waals surface area contributed by atoms with Crippen LogP contribution < -0.4 is 9.62 Å². The number of morpholine rings is 1. The summed E-state index contributed by atoms with van der Waals surface area (Å²) in [5, 5.41) is 0. The van der Waals surface area contributed by atoms with Gasteiger partial charge in [0.2, 0.25) is 10.0 Å². The molecule has 0 aliphatic carbocycles. The zero-order valence-electron chi connectivity index (χ0n) is 16.7. The molecule has 2 aliphatic heterocycles. The summed E-state index contributed by atoms with van der Waals surface area (Å²) in [5.41, 5.74) is 3.46. The average molecular weight is 419 g/mol. The Morgan fingerprint density at radius 2 is 1.97 bits per heavy atom. The van der Waals surface area contributed by atoms with Crippen LogP contribution >= 0.6 is 0 Å². The van der Waals surface area contributed by atoms with E-state index < -0.39 is 10.0 Å². The molecule has 1 aromatic carbocycles. The summed E-state index contributed by atoms with van der Waals surface area (Å²) < 4.78 is 37.4. The Morgan fingerprint density at radius 3 is 2.69 bits per heavy atom. The largest absolute Gasteiger partial charge is 0.377 e. The summed E-state index contributed by atoms with van der Waals surface area (Å²) in [7, 11) is -3.30. The van der Waals surface area contributed by atoms with Crippen LogP contribution in [0.4, 0.5) is 11.5 Å². The molecule has 0 saturated carbocycles. The van der Waals surface area contributed by atoms with Gasteiger partial charge in [-0.3, -0.25) is 4.72 Å². The lowest BCUT2D eigenvalue weighted by Gasteiger charge is -2.36. The summed E-state index contributed by atoms with van der Waals surface area (Å²) in [6, 6.07) is 7.41. The second-order valence-corrected chi connectivity index (χ2v) is 9.31. The highest BCUT2D eigenvalue weighted by Gasteiger charge is 2.27. The number of sulfonamides is 1. The number of hydrogen-bond acceptors (Lipinski definition) is 7. The predicted molar refractivity (Wildman–Crippen MR) is 112 cm³/mol. The number of fused-ring (bicyclic) bond motifs is 1. The fraction of sp³-hybridized carbons (Fsp3) is 0.500. The number of anilines is 2. The third-order valence-corrected chi connectivity index (χ3v) is 6.54. The molecule has 1 aromatic heterocycles. The second-order valence-electron chi connectivity index (χ2n) is 7.30. The molecule has 3 heterocycles. The van der Waals surface area contributed by atoms with Gasteiger partial charge in [0, 0.05) is 29.8 Å². The monoisotopic (exact) mass is 418 g/mol. The lowest BCUT2D eigenvalue weighted by molar-refractivity contribution is 0.0952. The van der Waals surface area contributed by atoms with Gasteiger partial charge in [-0.2, -0.15) is 0 Å². The number of ether oxygens (including phenoxy) is 2. The van der Waals surface area contributed by atoms with Crippen molar-refractivity contribution in [1.82, 2.24) is 9.97 Å². The van der Waals surface area contributed by atoms with Crippen LogP contribution in [0.25, 0.3) is 11.4 Å². The number of nitrogens with one attached hydrogen (secondary N) is 1. The van der Waals surface area contributed by atoms with E-state index in [4.69, 9.17) is 19.4 Å². The fourth-order valence-electron chi connectivity index (χ4n) is 3.56. The van der Waals surface area contributed by atoms with E-state index in [9.17, 15) is 8.42 Å². The number of nitrogens with zero attached hydrogens (tertiary/aromatic N) is 3. The van der Waals surface area contributed by atoms with Crippen LogP contribution in [0.5, 0.6) is 0 Å². The third-order valence-electron chi connectivity index (χ3n) is 5.24. The second kappa shape index (κ2) is 8.25. The van der Waals surface area contributed by atoms with Crippen molar-refractivity contribution >= 4 is 21.5 Å². The van der Waals surface area contributed by atoms with Gasteiger partial charge >= 0.3 is 0 Å². The van der Waals surface area contributed by atoms with Gasteiger partial charge < -0.3 is 14.4 Å². The van der Waals surface area contributed by atoms with E-state index in [-0.39, 0.29) is 11.8 Å². The minimum Gasteiger partial charge on any atom is -0.377 e. The van der Waals surface area contributed by atoms with E-state index in [1.807, 2.05) is 12.1 Å². The molecule has 0 bridgehead atoms. The molecule has 1 fully saturated rings. The topological polar surface area (TPSA) is 93.7 Å². The van der Waals surface area contributed by atoms with Crippen molar-refractivity contribution in [3.05, 3.63) is 35.5 Å². The first-order valence-electron chi connectivity index (χ1n) is 9.89. The molecule has 1 atom stereocenters. The fourth-order valence-corrected chi connectivity index (χ4v) is 4.20. The van der Waals surface area contributed by atoms with Crippen molar-refractivity contribution in [2.75, 3.05) is 41.7 Å². The van der Waals surface area contributed by atoms with Crippen LogP contribution in [0.2, 0.25) is 0 Å². The molecule has 0 radical (unpaired) electrons. The summed E-state index contributed by atoms with van der Waals surface area (Å²) >= 11 is 0. The normalized spacial score (nSPS) is 19.7. The van der Waals surface area contributed by atoms with Gasteiger partial charge in [0.25, 0.3) is 0 Å². The minimum atomic E-state index is -3.30. The summed E-state index contributed by atoms with van der Waals surface area (Å²) in [6.45, 7) is 7.03. The van der Waals surface area contributed by atoms with Gasteiger partial charge in [-0.25, -0.2) is 18.4 Å². The lowest BCUT2D eigenvalue weighted by atomic mass is 10.1. The van der Waals surface area contributed by atoms with Crippen molar-refractivity contribution in [3.63, 3.8) is 0 Å². The van der Waals surface area contributed by atoms with Crippen LogP contribution in [0.1, 0.15) is 25.1 Å². The molecule has 4 rings (SSSR count). The van der Waals surface area contributed by atoms with E-state index in [0.717, 1.165) is 35.6 Å². The number of aromatic nitrogens is 2. The van der Waals surface area contributed by atoms with E-state index in [1.165, 1.54) is 0 Å². The highest BCUT2D eigenvalue weighted by molar-refractivity contribution is 7.92. The average Bonchev–Trinajstić information content (AvgIpc) is 2.74. The first-order chi connectivity index (χ1) is 14.0. The SMILES string of the molecule is CCS(=O)(=O)Nc1ccc(-c2nc3c(c(N4CCOCC4C)n2)COCC3)cc1. The standard InChI is InChI=1S/C20H26N4O4S/c1-3-29(25,26)23-16-6-4-15(5-7-16)19-21-18-8-10-27-13-17(18)20(22-19)24-9-11-28-12-14(24)2/h4-7,14,23H,3,8-13H2,1-2H3. The van der Waals surface area contributed by atoms with Crippen molar-refractivity contribution in [3.8, 4) is 11.4 Å². The Labute approximate surface area is 171 Å². The molecule has 1 saturated heterocycles. The lowest BCUT2D eigenvalue weighted by Crippen LogP contribution is -2.45. The van der Waals surface area contributed by atoms with Crippen LogP contribution in [0.15, 0.2) is 24.3 Å². The molecule has 0 spiro atoms. The minimum absolute atomic E-state index is 0.0336. The van der Waals surface area contributed by atoms with Crippen LogP contribution in [0, 0.1) is 0 Å². The Hall–Kier alpha value is -2.23. The highest BCUT2D eigenvalue weighted by atomic mass is 32.2. The molecule has 29 heavy (non-hydrogen) atoms. The van der Waals surface area contributed by atoms with E-state index in [1.54, 1.807) is 19.1 Å². The number of hydrogen-bond donors (Lipinski definition) is 1. The van der Waals surface area contributed by atoms with Gasteiger partial charge in [-0.05, 0) is 38.1 Å². The molecular formula is C20H26N4O4S. The van der Waals surface area contributed by atoms with Crippen molar-refractivity contribution in [2.24, 2.45) is 0 Å². The quantitative estimate of drug-likeness (QED) is 0.796. The number of rotatable bonds is 5. The zero-order chi connectivity index (χ0) is 20.4. The summed E-state index contributed by atoms with van der Waals surface area (Å²) in [5.74, 6) is 1.59. The number of benzene rings is 1. The van der Waals surface area contributed by atoms with Crippen molar-refractivity contribution < 1.29 is 17.9 Å². The maximum Gasteiger partial charge on any atom is 0.232 e. The van der Waals surface area contributed by atoms with E-state index >= 15 is 0 Å². The van der Waals surface area contributed by atoms with Gasteiger partial charge in [0.1, 0.15) is 5.82 Å². The predicted octanol–water partition coefficient (Wildman–Crippen LogP) is 2.20. The van der Waals surface area contributed by atoms with Gasteiger partial charge in [-0.1, -0.05) is 0 Å². The molecular weight excluding hydrogens is 392 g/mol. The molecule has 1 unspecified atom stereocenters. The van der Waals surface area contributed by atoms with Crippen molar-refractivity contribution in [1.29, 1.82) is 0 Å². The third kappa shape index (κ3) is 4.36. The Bertz CT molecular complexity index is 979. The molecule has 9 heteroatoms. The van der Waals surface area contributed by atoms with Crippen LogP contribution in [-0.4, -0.2) is 56.5 Å². The summed E-state index contributed by atoms with van der Waals surface area (Å²) in [4.78, 5) is 12.0. The first kappa shape index (κ1) is 20.1. The molecule has 156 valence electrons. The van der Waals surface area contributed by atoms with Crippen LogP contribution in [-0.2, 0) is 32.5 Å². The van der Waals surface area contributed by atoms with Gasteiger partial charge in [-0.15, -0.1) is 0 Å².